The number of carbonyl (C=O) groups excluding carboxylic acids is 1. The summed E-state index contributed by atoms with van der Waals surface area (Å²) in [5, 5.41) is 0.617. The van der Waals surface area contributed by atoms with Crippen LogP contribution in [0.5, 0.6) is 5.75 Å². The number of sulfonamides is 1. The maximum Gasteiger partial charge on any atom is 0.243 e. The zero-order chi connectivity index (χ0) is 24.2. The van der Waals surface area contributed by atoms with Crippen LogP contribution in [0.2, 0.25) is 5.02 Å². The van der Waals surface area contributed by atoms with Crippen molar-refractivity contribution in [2.24, 2.45) is 5.41 Å². The van der Waals surface area contributed by atoms with Crippen LogP contribution in [-0.2, 0) is 14.8 Å². The van der Waals surface area contributed by atoms with Crippen molar-refractivity contribution in [3.8, 4) is 5.75 Å². The summed E-state index contributed by atoms with van der Waals surface area (Å²) >= 11 is 9.36. The molecule has 2 saturated heterocycles. The van der Waals surface area contributed by atoms with Crippen LogP contribution in [0.3, 0.4) is 0 Å². The van der Waals surface area contributed by atoms with Crippen LogP contribution in [0.1, 0.15) is 38.5 Å². The van der Waals surface area contributed by atoms with E-state index in [2.05, 4.69) is 15.9 Å². The maximum absolute atomic E-state index is 13.4. The Bertz CT molecular complexity index is 1090. The predicted molar refractivity (Wildman–Crippen MR) is 137 cm³/mol. The number of rotatable bonds is 7. The minimum absolute atomic E-state index is 0.0855. The molecule has 0 N–H and O–H groups in total. The highest BCUT2D eigenvalue weighted by Gasteiger charge is 2.43. The van der Waals surface area contributed by atoms with Gasteiger partial charge in [0, 0.05) is 47.5 Å². The summed E-state index contributed by atoms with van der Waals surface area (Å²) in [6.45, 7) is 2.49. The zero-order valence-electron chi connectivity index (χ0n) is 19.1. The van der Waals surface area contributed by atoms with E-state index >= 15 is 0 Å². The van der Waals surface area contributed by atoms with Gasteiger partial charge in [0.05, 0.1) is 11.5 Å². The summed E-state index contributed by atoms with van der Waals surface area (Å²) < 4.78 is 35.4. The molecule has 2 aliphatic heterocycles. The summed E-state index contributed by atoms with van der Waals surface area (Å²) in [5.41, 5.74) is -0.602. The zero-order valence-corrected chi connectivity index (χ0v) is 22.2. The summed E-state index contributed by atoms with van der Waals surface area (Å²) in [7, 11) is -3.68. The molecule has 1 atom stereocenters. The topological polar surface area (TPSA) is 66.9 Å². The Labute approximate surface area is 215 Å². The SMILES string of the molecule is O=C(CC1(COc2ccc(Cl)cc2)CCCN(S(=O)(=O)c2ccc(Br)cc2)C1)N1CCCCC1. The first-order chi connectivity index (χ1) is 16.3. The van der Waals surface area contributed by atoms with Gasteiger partial charge in [-0.25, -0.2) is 8.42 Å². The number of likely N-dealkylation sites (tertiary alicyclic amines) is 1. The molecule has 9 heteroatoms. The third kappa shape index (κ3) is 6.14. The van der Waals surface area contributed by atoms with E-state index in [0.717, 1.165) is 43.2 Å². The third-order valence-electron chi connectivity index (χ3n) is 6.67. The van der Waals surface area contributed by atoms with Crippen LogP contribution in [0.4, 0.5) is 0 Å². The van der Waals surface area contributed by atoms with Crippen LogP contribution >= 0.6 is 27.5 Å². The second-order valence-corrected chi connectivity index (χ2v) is 12.5. The fourth-order valence-corrected chi connectivity index (χ4v) is 6.76. The van der Waals surface area contributed by atoms with Crippen molar-refractivity contribution in [2.45, 2.75) is 43.4 Å². The summed E-state index contributed by atoms with van der Waals surface area (Å²) in [4.78, 5) is 15.5. The monoisotopic (exact) mass is 568 g/mol. The molecule has 0 aliphatic carbocycles. The van der Waals surface area contributed by atoms with Crippen LogP contribution in [0, 0.1) is 5.41 Å². The van der Waals surface area contributed by atoms with Crippen LogP contribution in [0.15, 0.2) is 57.9 Å². The predicted octanol–water partition coefficient (Wildman–Crippen LogP) is 5.36. The summed E-state index contributed by atoms with van der Waals surface area (Å²) in [6, 6.07) is 13.8. The number of nitrogens with zero attached hydrogens (tertiary/aromatic N) is 2. The molecule has 2 heterocycles. The highest BCUT2D eigenvalue weighted by molar-refractivity contribution is 9.10. The molecule has 0 saturated carbocycles. The van der Waals surface area contributed by atoms with Gasteiger partial charge in [-0.05, 0) is 80.6 Å². The quantitative estimate of drug-likeness (QED) is 0.451. The second kappa shape index (κ2) is 11.0. The molecule has 1 unspecified atom stereocenters. The molecular formula is C25H30BrClN2O4S. The lowest BCUT2D eigenvalue weighted by atomic mass is 9.78. The molecule has 2 fully saturated rings. The number of amides is 1. The Balaban J connectivity index is 1.57. The molecule has 0 spiro atoms. The van der Waals surface area contributed by atoms with Gasteiger partial charge in [-0.15, -0.1) is 0 Å². The van der Waals surface area contributed by atoms with E-state index in [1.807, 2.05) is 4.90 Å². The Morgan fingerprint density at radius 1 is 0.971 bits per heavy atom. The number of hydrogen-bond acceptors (Lipinski definition) is 4. The molecule has 2 aromatic carbocycles. The molecule has 4 rings (SSSR count). The molecular weight excluding hydrogens is 540 g/mol. The number of halogens is 2. The van der Waals surface area contributed by atoms with E-state index in [-0.39, 0.29) is 30.4 Å². The van der Waals surface area contributed by atoms with Gasteiger partial charge >= 0.3 is 0 Å². The van der Waals surface area contributed by atoms with Gasteiger partial charge in [0.1, 0.15) is 5.75 Å². The lowest BCUT2D eigenvalue weighted by Gasteiger charge is -2.42. The summed E-state index contributed by atoms with van der Waals surface area (Å²) in [6.07, 6.45) is 4.86. The highest BCUT2D eigenvalue weighted by Crippen LogP contribution is 2.38. The van der Waals surface area contributed by atoms with Crippen molar-refractivity contribution in [1.29, 1.82) is 0 Å². The molecule has 1 amide bonds. The first kappa shape index (κ1) is 25.5. The van der Waals surface area contributed by atoms with E-state index in [1.165, 1.54) is 4.31 Å². The Morgan fingerprint density at radius 3 is 2.32 bits per heavy atom. The van der Waals surface area contributed by atoms with Gasteiger partial charge in [0.2, 0.25) is 15.9 Å². The Morgan fingerprint density at radius 2 is 1.65 bits per heavy atom. The van der Waals surface area contributed by atoms with Crippen molar-refractivity contribution in [3.63, 3.8) is 0 Å². The van der Waals surface area contributed by atoms with Crippen molar-refractivity contribution in [3.05, 3.63) is 58.0 Å². The van der Waals surface area contributed by atoms with Gasteiger partial charge < -0.3 is 9.64 Å². The number of piperidine rings is 2. The molecule has 2 aromatic rings. The molecule has 2 aliphatic rings. The largest absolute Gasteiger partial charge is 0.493 e. The van der Waals surface area contributed by atoms with E-state index in [0.29, 0.717) is 23.7 Å². The minimum atomic E-state index is -3.68. The van der Waals surface area contributed by atoms with Crippen LogP contribution < -0.4 is 4.74 Å². The lowest BCUT2D eigenvalue weighted by molar-refractivity contribution is -0.136. The fraction of sp³-hybridized carbons (Fsp3) is 0.480. The third-order valence-corrected chi connectivity index (χ3v) is 9.31. The normalized spacial score (nSPS) is 21.9. The van der Waals surface area contributed by atoms with E-state index in [9.17, 15) is 13.2 Å². The average Bonchev–Trinajstić information content (AvgIpc) is 2.85. The number of benzene rings is 2. The number of ether oxygens (including phenoxy) is 1. The number of hydrogen-bond donors (Lipinski definition) is 0. The average molecular weight is 570 g/mol. The molecule has 0 bridgehead atoms. The van der Waals surface area contributed by atoms with Gasteiger partial charge in [0.25, 0.3) is 0 Å². The summed E-state index contributed by atoms with van der Waals surface area (Å²) in [5.74, 6) is 0.740. The Hall–Kier alpha value is -1.61. The van der Waals surface area contributed by atoms with Crippen LogP contribution in [-0.4, -0.2) is 56.3 Å². The van der Waals surface area contributed by atoms with Gasteiger partial charge in [-0.3, -0.25) is 4.79 Å². The van der Waals surface area contributed by atoms with Crippen molar-refractivity contribution >= 4 is 43.5 Å². The standard InChI is InChI=1S/C25H30BrClN2O4S/c26-20-5-11-23(12-6-20)34(31,32)29-16-4-13-25(18-29,17-24(30)28-14-2-1-3-15-28)19-33-22-9-7-21(27)8-10-22/h5-12H,1-4,13-19H2. The molecule has 0 aromatic heterocycles. The first-order valence-corrected chi connectivity index (χ1v) is 14.3. The highest BCUT2D eigenvalue weighted by atomic mass is 79.9. The van der Waals surface area contributed by atoms with Crippen molar-refractivity contribution in [1.82, 2.24) is 9.21 Å². The first-order valence-electron chi connectivity index (χ1n) is 11.7. The lowest BCUT2D eigenvalue weighted by Crippen LogP contribution is -2.51. The van der Waals surface area contributed by atoms with Crippen LogP contribution in [0.25, 0.3) is 0 Å². The van der Waals surface area contributed by atoms with Crippen molar-refractivity contribution in [2.75, 3.05) is 32.8 Å². The second-order valence-electron chi connectivity index (χ2n) is 9.26. The smallest absolute Gasteiger partial charge is 0.243 e. The minimum Gasteiger partial charge on any atom is -0.493 e. The molecule has 0 radical (unpaired) electrons. The van der Waals surface area contributed by atoms with E-state index in [4.69, 9.17) is 16.3 Å². The number of carbonyl (C=O) groups is 1. The molecule has 34 heavy (non-hydrogen) atoms. The van der Waals surface area contributed by atoms with Crippen molar-refractivity contribution < 1.29 is 17.9 Å². The maximum atomic E-state index is 13.4. The molecule has 6 nitrogen and oxygen atoms in total. The van der Waals surface area contributed by atoms with E-state index < -0.39 is 15.4 Å². The molecule has 184 valence electrons. The van der Waals surface area contributed by atoms with Gasteiger partial charge in [-0.2, -0.15) is 4.31 Å². The van der Waals surface area contributed by atoms with Gasteiger partial charge in [0.15, 0.2) is 0 Å². The van der Waals surface area contributed by atoms with Gasteiger partial charge in [-0.1, -0.05) is 27.5 Å². The Kier molecular flexibility index (Phi) is 8.23. The van der Waals surface area contributed by atoms with E-state index in [1.54, 1.807) is 48.5 Å². The fourth-order valence-electron chi connectivity index (χ4n) is 4.78.